The molecule has 0 aliphatic carbocycles. The third-order valence-corrected chi connectivity index (χ3v) is 18.0. The van der Waals surface area contributed by atoms with E-state index in [-0.39, 0.29) is 0 Å². The fourth-order valence-electron chi connectivity index (χ4n) is 13.2. The van der Waals surface area contributed by atoms with Crippen LogP contribution in [-0.2, 0) is 0 Å². The van der Waals surface area contributed by atoms with Crippen molar-refractivity contribution >= 4 is 43.6 Å². The van der Waals surface area contributed by atoms with Crippen molar-refractivity contribution in [3.8, 4) is 124 Å². The third kappa shape index (κ3) is 10.2. The number of para-hydroxylation sites is 2. The Hall–Kier alpha value is -12.5. The number of benzene rings is 13. The van der Waals surface area contributed by atoms with Gasteiger partial charge in [0.15, 0.2) is 34.9 Å². The summed E-state index contributed by atoms with van der Waals surface area (Å²) in [5.74, 6) is 3.51. The summed E-state index contributed by atoms with van der Waals surface area (Å²) >= 11 is 0. The molecular formula is C86H58N8. The molecule has 0 saturated heterocycles. The van der Waals surface area contributed by atoms with Gasteiger partial charge in [0.1, 0.15) is 0 Å². The van der Waals surface area contributed by atoms with Crippen LogP contribution in [0.5, 0.6) is 0 Å². The van der Waals surface area contributed by atoms with Crippen molar-refractivity contribution in [2.45, 2.75) is 13.8 Å². The normalized spacial score (nSPS) is 11.5. The van der Waals surface area contributed by atoms with Crippen LogP contribution in [0.25, 0.3) is 168 Å². The molecule has 8 heteroatoms. The van der Waals surface area contributed by atoms with Crippen molar-refractivity contribution in [1.29, 1.82) is 0 Å². The second-order valence-corrected chi connectivity index (χ2v) is 24.0. The highest BCUT2D eigenvalue weighted by atomic mass is 15.0. The van der Waals surface area contributed by atoms with Crippen molar-refractivity contribution in [3.63, 3.8) is 0 Å². The van der Waals surface area contributed by atoms with Crippen LogP contribution in [0, 0.1) is 13.8 Å². The predicted molar refractivity (Wildman–Crippen MR) is 386 cm³/mol. The van der Waals surface area contributed by atoms with Crippen LogP contribution in [0.4, 0.5) is 0 Å². The van der Waals surface area contributed by atoms with E-state index in [1.165, 1.54) is 22.3 Å². The zero-order valence-corrected chi connectivity index (χ0v) is 51.6. The Morgan fingerprint density at radius 1 is 0.191 bits per heavy atom. The maximum atomic E-state index is 5.29. The zero-order chi connectivity index (χ0) is 62.6. The van der Waals surface area contributed by atoms with Gasteiger partial charge in [-0.25, -0.2) is 29.9 Å². The van der Waals surface area contributed by atoms with Gasteiger partial charge in [-0.2, -0.15) is 0 Å². The van der Waals surface area contributed by atoms with E-state index in [0.717, 1.165) is 122 Å². The van der Waals surface area contributed by atoms with E-state index < -0.39 is 0 Å². The minimum absolute atomic E-state index is 0.565. The molecule has 94 heavy (non-hydrogen) atoms. The molecule has 17 aromatic rings. The summed E-state index contributed by atoms with van der Waals surface area (Å²) in [5.41, 5.74) is 22.8. The minimum atomic E-state index is 0.565. The minimum Gasteiger partial charge on any atom is -0.309 e. The lowest BCUT2D eigenvalue weighted by Gasteiger charge is -2.19. The SMILES string of the molecule is Cc1ccc(-c2ccc3c(c2)c2ccccc2n3-c2ccc(-c3nc(-c4ccccc4)nc(-c4ccccc4)n3)cc2-c2cccc(-c3cc(-c4nc(-c5ccccc5)nc(-c5ccccc5)n4)ccc3-n3c4ccccc4c4cc(-c5ccc(C)cc5)ccc43)c2)cc1. The maximum absolute atomic E-state index is 5.29. The lowest BCUT2D eigenvalue weighted by atomic mass is 9.94. The summed E-state index contributed by atoms with van der Waals surface area (Å²) in [5, 5.41) is 4.65. The maximum Gasteiger partial charge on any atom is 0.164 e. The van der Waals surface area contributed by atoms with Gasteiger partial charge >= 0.3 is 0 Å². The van der Waals surface area contributed by atoms with Gasteiger partial charge in [0.25, 0.3) is 0 Å². The van der Waals surface area contributed by atoms with E-state index in [9.17, 15) is 0 Å². The molecular weight excluding hydrogens is 1150 g/mol. The fraction of sp³-hybridized carbons (Fsp3) is 0.0233. The lowest BCUT2D eigenvalue weighted by molar-refractivity contribution is 1.07. The first-order valence-electron chi connectivity index (χ1n) is 31.7. The smallest absolute Gasteiger partial charge is 0.164 e. The Bertz CT molecular complexity index is 5260. The molecule has 0 spiro atoms. The fourth-order valence-corrected chi connectivity index (χ4v) is 13.2. The van der Waals surface area contributed by atoms with Crippen LogP contribution >= 0.6 is 0 Å². The molecule has 0 atom stereocenters. The third-order valence-electron chi connectivity index (χ3n) is 18.0. The van der Waals surface area contributed by atoms with Crippen molar-refractivity contribution in [2.75, 3.05) is 0 Å². The first-order chi connectivity index (χ1) is 46.4. The number of hydrogen-bond donors (Lipinski definition) is 0. The summed E-state index contributed by atoms with van der Waals surface area (Å²) < 4.78 is 4.86. The number of nitrogens with zero attached hydrogens (tertiary/aromatic N) is 8. The van der Waals surface area contributed by atoms with E-state index in [1.807, 2.05) is 72.8 Å². The highest BCUT2D eigenvalue weighted by molar-refractivity contribution is 6.12. The summed E-state index contributed by atoms with van der Waals surface area (Å²) in [7, 11) is 0. The molecule has 4 aromatic heterocycles. The van der Waals surface area contributed by atoms with Gasteiger partial charge in [-0.15, -0.1) is 0 Å². The van der Waals surface area contributed by atoms with E-state index in [4.69, 9.17) is 29.9 Å². The quantitative estimate of drug-likeness (QED) is 0.121. The first kappa shape index (κ1) is 55.5. The molecule has 0 amide bonds. The van der Waals surface area contributed by atoms with Gasteiger partial charge in [-0.3, -0.25) is 0 Å². The Morgan fingerprint density at radius 2 is 0.479 bits per heavy atom. The van der Waals surface area contributed by atoms with Crippen LogP contribution in [0.3, 0.4) is 0 Å². The molecule has 0 N–H and O–H groups in total. The molecule has 0 fully saturated rings. The van der Waals surface area contributed by atoms with Gasteiger partial charge in [-0.05, 0) is 126 Å². The van der Waals surface area contributed by atoms with E-state index in [1.54, 1.807) is 0 Å². The van der Waals surface area contributed by atoms with E-state index in [0.29, 0.717) is 34.9 Å². The Morgan fingerprint density at radius 3 is 0.840 bits per heavy atom. The van der Waals surface area contributed by atoms with Crippen molar-refractivity contribution < 1.29 is 0 Å². The molecule has 13 aromatic carbocycles. The van der Waals surface area contributed by atoms with Crippen LogP contribution in [0.15, 0.2) is 315 Å². The molecule has 0 aliphatic rings. The van der Waals surface area contributed by atoms with Gasteiger partial charge in [-0.1, -0.05) is 248 Å². The Balaban J connectivity index is 0.915. The molecule has 0 radical (unpaired) electrons. The number of aromatic nitrogens is 8. The largest absolute Gasteiger partial charge is 0.309 e. The summed E-state index contributed by atoms with van der Waals surface area (Å²) in [4.78, 5) is 31.4. The molecule has 0 bridgehead atoms. The van der Waals surface area contributed by atoms with Crippen LogP contribution in [-0.4, -0.2) is 39.0 Å². The number of rotatable bonds is 12. The predicted octanol–water partition coefficient (Wildman–Crippen LogP) is 21.5. The number of aryl methyl sites for hydroxylation is 2. The molecule has 4 heterocycles. The monoisotopic (exact) mass is 1200 g/mol. The molecule has 0 aliphatic heterocycles. The number of fused-ring (bicyclic) bond motifs is 6. The average Bonchev–Trinajstić information content (AvgIpc) is 1.55. The van der Waals surface area contributed by atoms with Crippen LogP contribution < -0.4 is 0 Å². The molecule has 0 saturated carbocycles. The Kier molecular flexibility index (Phi) is 13.8. The van der Waals surface area contributed by atoms with Crippen molar-refractivity contribution in [1.82, 2.24) is 39.0 Å². The van der Waals surface area contributed by atoms with Gasteiger partial charge < -0.3 is 9.13 Å². The van der Waals surface area contributed by atoms with Gasteiger partial charge in [0, 0.05) is 66.1 Å². The number of hydrogen-bond acceptors (Lipinski definition) is 6. The lowest BCUT2D eigenvalue weighted by Crippen LogP contribution is -2.02. The van der Waals surface area contributed by atoms with Gasteiger partial charge in [0.2, 0.25) is 0 Å². The zero-order valence-electron chi connectivity index (χ0n) is 51.6. The average molecular weight is 1200 g/mol. The summed E-state index contributed by atoms with van der Waals surface area (Å²) in [6.45, 7) is 4.27. The van der Waals surface area contributed by atoms with Gasteiger partial charge in [0.05, 0.1) is 33.4 Å². The topological polar surface area (TPSA) is 87.2 Å². The first-order valence-corrected chi connectivity index (χ1v) is 31.7. The highest BCUT2D eigenvalue weighted by Gasteiger charge is 2.23. The highest BCUT2D eigenvalue weighted by Crippen LogP contribution is 2.44. The Labute approximate surface area is 544 Å². The second-order valence-electron chi connectivity index (χ2n) is 24.0. The van der Waals surface area contributed by atoms with Crippen LogP contribution in [0.1, 0.15) is 11.1 Å². The van der Waals surface area contributed by atoms with E-state index >= 15 is 0 Å². The van der Waals surface area contributed by atoms with Crippen LogP contribution in [0.2, 0.25) is 0 Å². The second kappa shape index (κ2) is 23.4. The summed E-state index contributed by atoms with van der Waals surface area (Å²) in [6, 6.07) is 112. The van der Waals surface area contributed by atoms with E-state index in [2.05, 4.69) is 266 Å². The molecule has 442 valence electrons. The molecule has 17 rings (SSSR count). The molecule has 0 unspecified atom stereocenters. The standard InChI is InChI=1S/C86H58N8/c1-55-34-38-57(39-35-55)63-42-46-79-73(51-63)69-30-15-17-32-75(69)93(79)77-48-44-67(85-89-81(59-20-7-3-8-21-59)87-82(90-85)60-22-9-4-10-23-60)53-71(77)65-28-19-29-66(50-65)72-54-68(86-91-83(61-24-11-5-12-25-61)88-84(92-86)62-26-13-6-14-27-62)45-49-78(72)94-76-33-18-16-31-70(76)74-52-64(43-47-80(74)94)58-40-36-56(2)37-41-58/h3-54H,1-2H3. The molecule has 8 nitrogen and oxygen atoms in total. The van der Waals surface area contributed by atoms with Crippen molar-refractivity contribution in [2.24, 2.45) is 0 Å². The van der Waals surface area contributed by atoms with Crippen molar-refractivity contribution in [3.05, 3.63) is 327 Å². The summed E-state index contributed by atoms with van der Waals surface area (Å²) in [6.07, 6.45) is 0.